The van der Waals surface area contributed by atoms with E-state index in [0.717, 1.165) is 0 Å². The molecule has 172 valence electrons. The van der Waals surface area contributed by atoms with Gasteiger partial charge in [-0.3, -0.25) is 4.98 Å². The minimum Gasteiger partial charge on any atom is -0.399 e. The topological polar surface area (TPSA) is 31.4 Å². The summed E-state index contributed by atoms with van der Waals surface area (Å²) < 4.78 is 78.6. The molecular weight excluding hydrogens is 416 g/mol. The minimum absolute atomic E-state index is 0.0460. The summed E-state index contributed by atoms with van der Waals surface area (Å²) >= 11 is 0. The molecule has 3 fully saturated rings. The first-order valence-corrected chi connectivity index (χ1v) is 11.0. The first-order valence-electron chi connectivity index (χ1n) is 11.0. The van der Waals surface area contributed by atoms with Gasteiger partial charge in [0.2, 0.25) is 5.92 Å². The highest BCUT2D eigenvalue weighted by molar-refractivity contribution is 6.62. The smallest absolute Gasteiger partial charge is 0.399 e. The first kappa shape index (κ1) is 23.0. The van der Waals surface area contributed by atoms with E-state index in [0.29, 0.717) is 29.7 Å². The molecule has 9 heteroatoms. The van der Waals surface area contributed by atoms with Gasteiger partial charge in [0.1, 0.15) is 0 Å². The lowest BCUT2D eigenvalue weighted by Crippen LogP contribution is -2.41. The average Bonchev–Trinajstić information content (AvgIpc) is 2.86. The Balaban J connectivity index is 1.63. The third-order valence-corrected chi connectivity index (χ3v) is 7.57. The Morgan fingerprint density at radius 3 is 1.94 bits per heavy atom. The monoisotopic (exact) mass is 445 g/mol. The van der Waals surface area contributed by atoms with Gasteiger partial charge in [-0.15, -0.1) is 0 Å². The Labute approximate surface area is 180 Å². The molecule has 0 radical (unpaired) electrons. The molecule has 2 heterocycles. The molecule has 1 aromatic rings. The summed E-state index contributed by atoms with van der Waals surface area (Å²) in [4.78, 5) is 4.74. The first-order chi connectivity index (χ1) is 14.2. The van der Waals surface area contributed by atoms with Crippen molar-refractivity contribution in [1.29, 1.82) is 0 Å². The summed E-state index contributed by atoms with van der Waals surface area (Å²) in [7, 11) is -0.690. The molecule has 1 aromatic heterocycles. The van der Waals surface area contributed by atoms with Gasteiger partial charge in [0.15, 0.2) is 0 Å². The Kier molecular flexibility index (Phi) is 5.48. The van der Waals surface area contributed by atoms with Crippen LogP contribution in [0.25, 0.3) is 0 Å². The number of aromatic nitrogens is 1. The number of halogens is 5. The molecule has 0 amide bonds. The molecule has 2 aliphatic carbocycles. The summed E-state index contributed by atoms with van der Waals surface area (Å²) in [6, 6.07) is 3.55. The molecule has 3 aliphatic rings. The van der Waals surface area contributed by atoms with Crippen LogP contribution in [0.15, 0.2) is 12.1 Å². The van der Waals surface area contributed by atoms with Crippen LogP contribution in [0.2, 0.25) is 0 Å². The van der Waals surface area contributed by atoms with Crippen LogP contribution in [0.1, 0.15) is 89.4 Å². The molecule has 1 saturated heterocycles. The van der Waals surface area contributed by atoms with E-state index in [-0.39, 0.29) is 37.5 Å². The SMILES string of the molecule is CC1(C)OB(c2ccc(C3CC(F)(F)C3)nc2C2CCC(C(F)(F)F)CC2)OC1(C)C. The zero-order chi connectivity index (χ0) is 22.8. The maximum atomic E-state index is 13.4. The fourth-order valence-corrected chi connectivity index (χ4v) is 4.79. The van der Waals surface area contributed by atoms with Gasteiger partial charge in [0.25, 0.3) is 0 Å². The lowest BCUT2D eigenvalue weighted by atomic mass is 9.70. The van der Waals surface area contributed by atoms with Crippen molar-refractivity contribution in [2.45, 2.75) is 101 Å². The third-order valence-electron chi connectivity index (χ3n) is 7.57. The molecule has 3 nitrogen and oxygen atoms in total. The van der Waals surface area contributed by atoms with E-state index in [1.165, 1.54) is 0 Å². The van der Waals surface area contributed by atoms with Crippen molar-refractivity contribution in [3.05, 3.63) is 23.5 Å². The fraction of sp³-hybridized carbons (Fsp3) is 0.773. The quantitative estimate of drug-likeness (QED) is 0.440. The van der Waals surface area contributed by atoms with Gasteiger partial charge in [-0.25, -0.2) is 8.78 Å². The number of hydrogen-bond acceptors (Lipinski definition) is 3. The summed E-state index contributed by atoms with van der Waals surface area (Å²) in [6.07, 6.45) is -3.87. The van der Waals surface area contributed by atoms with Crippen molar-refractivity contribution in [3.63, 3.8) is 0 Å². The number of alkyl halides is 5. The molecule has 0 bridgehead atoms. The summed E-state index contributed by atoms with van der Waals surface area (Å²) in [6.45, 7) is 7.72. The van der Waals surface area contributed by atoms with Gasteiger partial charge in [-0.2, -0.15) is 13.2 Å². The van der Waals surface area contributed by atoms with Crippen molar-refractivity contribution in [1.82, 2.24) is 4.98 Å². The van der Waals surface area contributed by atoms with Crippen LogP contribution in [0.3, 0.4) is 0 Å². The van der Waals surface area contributed by atoms with Crippen molar-refractivity contribution < 1.29 is 31.3 Å². The lowest BCUT2D eigenvalue weighted by molar-refractivity contribution is -0.182. The van der Waals surface area contributed by atoms with Crippen LogP contribution in [0.5, 0.6) is 0 Å². The molecule has 0 spiro atoms. The summed E-state index contributed by atoms with van der Waals surface area (Å²) in [5.41, 5.74) is 0.782. The maximum absolute atomic E-state index is 13.4. The van der Waals surface area contributed by atoms with Crippen molar-refractivity contribution >= 4 is 12.6 Å². The van der Waals surface area contributed by atoms with Crippen molar-refractivity contribution in [2.24, 2.45) is 5.92 Å². The number of nitrogens with zero attached hydrogens (tertiary/aromatic N) is 1. The normalized spacial score (nSPS) is 30.3. The Bertz CT molecular complexity index is 810. The predicted octanol–water partition coefficient (Wildman–Crippen LogP) is 5.73. The Morgan fingerprint density at radius 1 is 0.903 bits per heavy atom. The molecule has 2 saturated carbocycles. The highest BCUT2D eigenvalue weighted by atomic mass is 19.4. The molecule has 31 heavy (non-hydrogen) atoms. The zero-order valence-electron chi connectivity index (χ0n) is 18.4. The molecule has 0 aromatic carbocycles. The van der Waals surface area contributed by atoms with Crippen LogP contribution < -0.4 is 5.46 Å². The van der Waals surface area contributed by atoms with Crippen LogP contribution in [0, 0.1) is 5.92 Å². The Morgan fingerprint density at radius 2 is 1.45 bits per heavy atom. The second kappa shape index (κ2) is 7.40. The van der Waals surface area contributed by atoms with E-state index in [4.69, 9.17) is 14.3 Å². The van der Waals surface area contributed by atoms with Gasteiger partial charge in [-0.1, -0.05) is 6.07 Å². The second-order valence-corrected chi connectivity index (χ2v) is 10.4. The Hall–Kier alpha value is -1.22. The van der Waals surface area contributed by atoms with Crippen LogP contribution in [0.4, 0.5) is 22.0 Å². The van der Waals surface area contributed by atoms with E-state index in [1.54, 1.807) is 6.07 Å². The van der Waals surface area contributed by atoms with E-state index in [1.807, 2.05) is 33.8 Å². The lowest BCUT2D eigenvalue weighted by Gasteiger charge is -2.35. The number of rotatable bonds is 3. The zero-order valence-corrected chi connectivity index (χ0v) is 18.4. The molecule has 0 N–H and O–H groups in total. The highest BCUT2D eigenvalue weighted by Gasteiger charge is 2.53. The van der Waals surface area contributed by atoms with Crippen LogP contribution >= 0.6 is 0 Å². The van der Waals surface area contributed by atoms with Gasteiger partial charge >= 0.3 is 13.3 Å². The van der Waals surface area contributed by atoms with Gasteiger partial charge < -0.3 is 9.31 Å². The second-order valence-electron chi connectivity index (χ2n) is 10.4. The van der Waals surface area contributed by atoms with Crippen LogP contribution in [-0.4, -0.2) is 35.4 Å². The highest BCUT2D eigenvalue weighted by Crippen LogP contribution is 2.48. The van der Waals surface area contributed by atoms with E-state index < -0.39 is 36.3 Å². The molecular formula is C22H29BF5NO2. The fourth-order valence-electron chi connectivity index (χ4n) is 4.79. The molecule has 4 rings (SSSR count). The molecule has 0 atom stereocenters. The van der Waals surface area contributed by atoms with Gasteiger partial charge in [0, 0.05) is 41.5 Å². The summed E-state index contributed by atoms with van der Waals surface area (Å²) in [5.74, 6) is -4.46. The van der Waals surface area contributed by atoms with E-state index in [2.05, 4.69) is 0 Å². The molecule has 1 aliphatic heterocycles. The predicted molar refractivity (Wildman–Crippen MR) is 108 cm³/mol. The standard InChI is InChI=1S/C22H29BF5NO2/c1-19(2)20(3,4)31-23(30-19)16-9-10-17(14-11-21(24,25)12-14)29-18(16)13-5-7-15(8-6-13)22(26,27)28/h9-10,13-15H,5-8,11-12H2,1-4H3. The summed E-state index contributed by atoms with van der Waals surface area (Å²) in [5, 5.41) is 0. The largest absolute Gasteiger partial charge is 0.496 e. The van der Waals surface area contributed by atoms with Gasteiger partial charge in [-0.05, 0) is 59.4 Å². The van der Waals surface area contributed by atoms with Crippen LogP contribution in [-0.2, 0) is 9.31 Å². The third kappa shape index (κ3) is 4.36. The minimum atomic E-state index is -4.19. The molecule has 0 unspecified atom stereocenters. The average molecular weight is 445 g/mol. The maximum Gasteiger partial charge on any atom is 0.496 e. The number of pyridine rings is 1. The van der Waals surface area contributed by atoms with Crippen molar-refractivity contribution in [3.8, 4) is 0 Å². The van der Waals surface area contributed by atoms with E-state index in [9.17, 15) is 22.0 Å². The van der Waals surface area contributed by atoms with Gasteiger partial charge in [0.05, 0.1) is 17.1 Å². The van der Waals surface area contributed by atoms with Crippen molar-refractivity contribution in [2.75, 3.05) is 0 Å². The van der Waals surface area contributed by atoms with E-state index >= 15 is 0 Å². The number of hydrogen-bond donors (Lipinski definition) is 0.